The van der Waals surface area contributed by atoms with Crippen molar-refractivity contribution in [1.82, 2.24) is 25.1 Å². The lowest BCUT2D eigenvalue weighted by molar-refractivity contribution is 0.197. The Labute approximate surface area is 196 Å². The zero-order valence-electron chi connectivity index (χ0n) is 18.2. The largest absolute Gasteiger partial charge is 0.480 e. The number of carbonyl (C=O) groups excluding carboxylic acids is 1. The molecule has 3 aromatic rings. The van der Waals surface area contributed by atoms with E-state index in [0.29, 0.717) is 35.6 Å². The highest BCUT2D eigenvalue weighted by atomic mass is 35.5. The van der Waals surface area contributed by atoms with Crippen molar-refractivity contribution in [3.63, 3.8) is 0 Å². The van der Waals surface area contributed by atoms with Crippen LogP contribution in [-0.2, 0) is 0 Å². The first-order chi connectivity index (χ1) is 16.0. The van der Waals surface area contributed by atoms with Gasteiger partial charge in [-0.25, -0.2) is 14.8 Å². The molecule has 2 aromatic heterocycles. The summed E-state index contributed by atoms with van der Waals surface area (Å²) in [4.78, 5) is 22.5. The molecular formula is C23H23ClN6O3. The van der Waals surface area contributed by atoms with Crippen LogP contribution >= 0.6 is 11.6 Å². The smallest absolute Gasteiger partial charge is 0.323 e. The van der Waals surface area contributed by atoms with Crippen molar-refractivity contribution < 1.29 is 14.3 Å². The number of ether oxygens (including phenoxy) is 2. The van der Waals surface area contributed by atoms with Crippen LogP contribution in [0.2, 0.25) is 5.02 Å². The molecule has 1 N–H and O–H groups in total. The van der Waals surface area contributed by atoms with Gasteiger partial charge in [-0.3, -0.25) is 5.32 Å². The lowest BCUT2D eigenvalue weighted by atomic mass is 9.91. The molecule has 1 aromatic carbocycles. The van der Waals surface area contributed by atoms with Crippen molar-refractivity contribution in [2.75, 3.05) is 25.5 Å². The Morgan fingerprint density at radius 2 is 2.03 bits per heavy atom. The Morgan fingerprint density at radius 3 is 2.73 bits per heavy atom. The third-order valence-electron chi connectivity index (χ3n) is 5.18. The van der Waals surface area contributed by atoms with E-state index in [9.17, 15) is 4.79 Å². The molecule has 0 radical (unpaired) electrons. The van der Waals surface area contributed by atoms with E-state index >= 15 is 0 Å². The summed E-state index contributed by atoms with van der Waals surface area (Å²) in [6, 6.07) is 11.1. The van der Waals surface area contributed by atoms with Gasteiger partial charge in [-0.05, 0) is 36.1 Å². The molecule has 0 aliphatic carbocycles. The molecule has 9 nitrogen and oxygen atoms in total. The lowest BCUT2D eigenvalue weighted by Gasteiger charge is -2.33. The van der Waals surface area contributed by atoms with Crippen LogP contribution in [0.1, 0.15) is 18.9 Å². The number of urea groups is 1. The predicted octanol–water partition coefficient (Wildman–Crippen LogP) is 4.68. The van der Waals surface area contributed by atoms with Crippen molar-refractivity contribution in [2.45, 2.75) is 13.3 Å². The average Bonchev–Trinajstić information content (AvgIpc) is 2.82. The fourth-order valence-electron chi connectivity index (χ4n) is 3.47. The summed E-state index contributed by atoms with van der Waals surface area (Å²) < 4.78 is 10.7. The van der Waals surface area contributed by atoms with Crippen LogP contribution in [0, 0.1) is 5.92 Å². The van der Waals surface area contributed by atoms with E-state index in [1.54, 1.807) is 17.0 Å². The minimum atomic E-state index is -0.196. The topological polar surface area (TPSA) is 102 Å². The summed E-state index contributed by atoms with van der Waals surface area (Å²) in [6.45, 7) is 3.33. The molecule has 1 unspecified atom stereocenters. The Balaban J connectivity index is 1.37. The van der Waals surface area contributed by atoms with Crippen molar-refractivity contribution in [2.24, 2.45) is 5.92 Å². The number of carbonyl (C=O) groups is 1. The highest BCUT2D eigenvalue weighted by Gasteiger charge is 2.24. The second-order valence-corrected chi connectivity index (χ2v) is 8.00. The second kappa shape index (κ2) is 10.3. The van der Waals surface area contributed by atoms with Crippen LogP contribution in [0.4, 0.5) is 10.6 Å². The number of nitrogens with one attached hydrogen (secondary N) is 1. The van der Waals surface area contributed by atoms with Crippen molar-refractivity contribution in [3.05, 3.63) is 65.0 Å². The molecule has 0 saturated carbocycles. The van der Waals surface area contributed by atoms with Gasteiger partial charge in [0.1, 0.15) is 5.75 Å². The lowest BCUT2D eigenvalue weighted by Crippen LogP contribution is -2.42. The summed E-state index contributed by atoms with van der Waals surface area (Å²) in [7, 11) is 1.51. The maximum atomic E-state index is 12.6. The number of methoxy groups -OCH3 is 1. The van der Waals surface area contributed by atoms with Gasteiger partial charge in [0.15, 0.2) is 5.82 Å². The first-order valence-corrected chi connectivity index (χ1v) is 10.8. The Kier molecular flexibility index (Phi) is 6.99. The quantitative estimate of drug-likeness (QED) is 0.582. The maximum Gasteiger partial charge on any atom is 0.323 e. The Bertz CT molecular complexity index is 1140. The molecule has 1 aliphatic heterocycles. The zero-order valence-corrected chi connectivity index (χ0v) is 19.0. The van der Waals surface area contributed by atoms with Gasteiger partial charge < -0.3 is 14.4 Å². The van der Waals surface area contributed by atoms with E-state index in [-0.39, 0.29) is 18.0 Å². The van der Waals surface area contributed by atoms with Crippen LogP contribution in [-0.4, -0.2) is 51.3 Å². The number of hydrogen-bond acceptors (Lipinski definition) is 7. The summed E-state index contributed by atoms with van der Waals surface area (Å²) >= 11 is 5.82. The van der Waals surface area contributed by atoms with Crippen molar-refractivity contribution >= 4 is 29.5 Å². The Hall–Kier alpha value is -3.72. The predicted molar refractivity (Wildman–Crippen MR) is 124 cm³/mol. The van der Waals surface area contributed by atoms with Gasteiger partial charge in [0.2, 0.25) is 5.88 Å². The monoisotopic (exact) mass is 466 g/mol. The van der Waals surface area contributed by atoms with Crippen LogP contribution < -0.4 is 14.8 Å². The number of hydrogen-bond donors (Lipinski definition) is 1. The maximum absolute atomic E-state index is 12.6. The van der Waals surface area contributed by atoms with E-state index in [0.717, 1.165) is 12.0 Å². The van der Waals surface area contributed by atoms with Crippen LogP contribution in [0.3, 0.4) is 0 Å². The number of piperidine rings is 1. The molecule has 0 bridgehead atoms. The SMILES string of the molecule is COc1ccc(NC(=O)N2CC/C(=C\c3cccc(Oc4ncc(Cl)cn4)c3)C(C)C2)nn1. The molecule has 1 fully saturated rings. The molecule has 0 spiro atoms. The standard InChI is InChI=1S/C23H23ClN6O3/c1-15-14-30(23(31)27-20-6-7-21(32-2)29-28-20)9-8-17(15)10-16-4-3-5-19(11-16)33-22-25-12-18(24)13-26-22/h3-7,10-13,15H,8-9,14H2,1-2H3,(H,27,28,31)/b17-10+. The molecule has 1 aliphatic rings. The fraction of sp³-hybridized carbons (Fsp3) is 0.261. The number of aromatic nitrogens is 4. The second-order valence-electron chi connectivity index (χ2n) is 7.57. The number of nitrogens with zero attached hydrogens (tertiary/aromatic N) is 5. The Morgan fingerprint density at radius 1 is 1.21 bits per heavy atom. The van der Waals surface area contributed by atoms with Crippen LogP contribution in [0.25, 0.3) is 6.08 Å². The molecule has 2 amide bonds. The minimum absolute atomic E-state index is 0.196. The van der Waals surface area contributed by atoms with E-state index < -0.39 is 0 Å². The van der Waals surface area contributed by atoms with E-state index in [1.807, 2.05) is 24.3 Å². The number of rotatable bonds is 5. The summed E-state index contributed by atoms with van der Waals surface area (Å²) in [5.41, 5.74) is 2.28. The summed E-state index contributed by atoms with van der Waals surface area (Å²) in [5, 5.41) is 11.0. The molecule has 3 heterocycles. The highest BCUT2D eigenvalue weighted by Crippen LogP contribution is 2.27. The molecular weight excluding hydrogens is 444 g/mol. The van der Waals surface area contributed by atoms with Crippen molar-refractivity contribution in [1.29, 1.82) is 0 Å². The minimum Gasteiger partial charge on any atom is -0.480 e. The number of amides is 2. The van der Waals surface area contributed by atoms with E-state index in [4.69, 9.17) is 21.1 Å². The van der Waals surface area contributed by atoms with Gasteiger partial charge in [-0.1, -0.05) is 42.3 Å². The number of halogens is 1. The number of anilines is 1. The van der Waals surface area contributed by atoms with Gasteiger partial charge in [0, 0.05) is 19.2 Å². The summed E-state index contributed by atoms with van der Waals surface area (Å²) in [6.07, 6.45) is 5.89. The molecule has 4 rings (SSSR count). The molecule has 170 valence electrons. The average molecular weight is 467 g/mol. The third kappa shape index (κ3) is 5.95. The van der Waals surface area contributed by atoms with Gasteiger partial charge in [0.25, 0.3) is 0 Å². The van der Waals surface area contributed by atoms with E-state index in [2.05, 4.69) is 38.5 Å². The molecule has 1 saturated heterocycles. The normalized spacial score (nSPS) is 17.0. The molecule has 10 heteroatoms. The van der Waals surface area contributed by atoms with Gasteiger partial charge >= 0.3 is 12.0 Å². The molecule has 33 heavy (non-hydrogen) atoms. The third-order valence-corrected chi connectivity index (χ3v) is 5.38. The first kappa shape index (κ1) is 22.5. The van der Waals surface area contributed by atoms with Crippen LogP contribution in [0.15, 0.2) is 54.4 Å². The fourth-order valence-corrected chi connectivity index (χ4v) is 3.57. The van der Waals surface area contributed by atoms with Crippen molar-refractivity contribution in [3.8, 4) is 17.6 Å². The number of likely N-dealkylation sites (tertiary alicyclic amines) is 1. The van der Waals surface area contributed by atoms with Crippen LogP contribution in [0.5, 0.6) is 17.6 Å². The van der Waals surface area contributed by atoms with Gasteiger partial charge in [-0.15, -0.1) is 10.2 Å². The van der Waals surface area contributed by atoms with Gasteiger partial charge in [-0.2, -0.15) is 0 Å². The van der Waals surface area contributed by atoms with E-state index in [1.165, 1.54) is 25.1 Å². The molecule has 1 atom stereocenters. The number of benzene rings is 1. The van der Waals surface area contributed by atoms with Gasteiger partial charge in [0.05, 0.1) is 24.5 Å². The zero-order chi connectivity index (χ0) is 23.2. The summed E-state index contributed by atoms with van der Waals surface area (Å²) in [5.74, 6) is 1.62. The first-order valence-electron chi connectivity index (χ1n) is 10.4. The highest BCUT2D eigenvalue weighted by molar-refractivity contribution is 6.30.